The van der Waals surface area contributed by atoms with E-state index in [0.717, 1.165) is 12.1 Å². The van der Waals surface area contributed by atoms with E-state index < -0.39 is 27.7 Å². The monoisotopic (exact) mass is 478 g/mol. The summed E-state index contributed by atoms with van der Waals surface area (Å²) in [6, 6.07) is 11.6. The van der Waals surface area contributed by atoms with Crippen molar-refractivity contribution in [1.82, 2.24) is 14.3 Å². The Hall–Kier alpha value is -3.64. The second-order valence-electron chi connectivity index (χ2n) is 6.99. The first-order chi connectivity index (χ1) is 15.6. The van der Waals surface area contributed by atoms with Gasteiger partial charge in [-0.15, -0.1) is 0 Å². The van der Waals surface area contributed by atoms with Crippen molar-refractivity contribution in [2.45, 2.75) is 17.6 Å². The predicted octanol–water partition coefficient (Wildman–Crippen LogP) is 3.86. The highest BCUT2D eigenvalue weighted by Gasteiger charge is 2.31. The van der Waals surface area contributed by atoms with Gasteiger partial charge in [0, 0.05) is 5.56 Å². The van der Waals surface area contributed by atoms with Crippen LogP contribution in [0, 0.1) is 0 Å². The van der Waals surface area contributed by atoms with Crippen LogP contribution in [0.2, 0.25) is 0 Å². The molecule has 2 heterocycles. The van der Waals surface area contributed by atoms with Crippen molar-refractivity contribution in [3.05, 3.63) is 77.7 Å². The van der Waals surface area contributed by atoms with E-state index in [-0.39, 0.29) is 28.5 Å². The molecule has 0 aliphatic heterocycles. The summed E-state index contributed by atoms with van der Waals surface area (Å²) in [6.45, 7) is 0.115. The van der Waals surface area contributed by atoms with Gasteiger partial charge >= 0.3 is 6.18 Å². The number of sulfonamides is 1. The lowest BCUT2D eigenvalue weighted by Gasteiger charge is -2.10. The maximum atomic E-state index is 13.1. The molecule has 0 saturated heterocycles. The Bertz CT molecular complexity index is 1410. The Labute approximate surface area is 186 Å². The van der Waals surface area contributed by atoms with Crippen LogP contribution in [0.1, 0.15) is 21.7 Å². The molecule has 0 spiro atoms. The van der Waals surface area contributed by atoms with E-state index >= 15 is 0 Å². The number of hydrogen-bond donors (Lipinski definition) is 2. The van der Waals surface area contributed by atoms with Gasteiger partial charge in [0.15, 0.2) is 0 Å². The molecule has 12 heteroatoms. The van der Waals surface area contributed by atoms with Gasteiger partial charge in [-0.2, -0.15) is 13.2 Å². The third-order valence-corrected chi connectivity index (χ3v) is 6.32. The minimum Gasteiger partial charge on any atom is -0.467 e. The maximum Gasteiger partial charge on any atom is 0.416 e. The number of amides is 1. The average molecular weight is 478 g/mol. The maximum absolute atomic E-state index is 13.1. The molecule has 33 heavy (non-hydrogen) atoms. The fraction of sp³-hybridized carbons (Fsp3) is 0.143. The summed E-state index contributed by atoms with van der Waals surface area (Å²) in [5.74, 6) is -0.0978. The van der Waals surface area contributed by atoms with E-state index in [1.807, 2.05) is 0 Å². The highest BCUT2D eigenvalue weighted by molar-refractivity contribution is 7.89. The Morgan fingerprint density at radius 3 is 2.45 bits per heavy atom. The van der Waals surface area contributed by atoms with Crippen molar-refractivity contribution in [3.63, 3.8) is 0 Å². The third kappa shape index (κ3) is 4.61. The number of carbonyl (C=O) groups is 1. The van der Waals surface area contributed by atoms with Gasteiger partial charge in [0.1, 0.15) is 5.76 Å². The molecule has 2 N–H and O–H groups in total. The summed E-state index contributed by atoms with van der Waals surface area (Å²) in [4.78, 5) is 16.9. The quantitative estimate of drug-likeness (QED) is 0.438. The summed E-state index contributed by atoms with van der Waals surface area (Å²) in [7, 11) is -2.40. The second kappa shape index (κ2) is 8.37. The van der Waals surface area contributed by atoms with Crippen LogP contribution in [-0.2, 0) is 22.7 Å². The fourth-order valence-corrected chi connectivity index (χ4v) is 3.93. The summed E-state index contributed by atoms with van der Waals surface area (Å²) in [5, 5.41) is 2.58. The lowest BCUT2D eigenvalue weighted by atomic mass is 10.2. The first kappa shape index (κ1) is 22.6. The minimum atomic E-state index is -4.54. The van der Waals surface area contributed by atoms with E-state index in [0.29, 0.717) is 11.3 Å². The zero-order chi connectivity index (χ0) is 23.8. The molecule has 0 bridgehead atoms. The molecule has 0 aliphatic rings. The van der Waals surface area contributed by atoms with Gasteiger partial charge in [-0.25, -0.2) is 18.1 Å². The highest BCUT2D eigenvalue weighted by atomic mass is 32.2. The third-order valence-electron chi connectivity index (χ3n) is 4.89. The molecule has 2 aromatic carbocycles. The van der Waals surface area contributed by atoms with Gasteiger partial charge in [-0.05, 0) is 61.6 Å². The van der Waals surface area contributed by atoms with E-state index in [9.17, 15) is 26.4 Å². The number of fused-ring (bicyclic) bond motifs is 1. The summed E-state index contributed by atoms with van der Waals surface area (Å²) in [5.41, 5.74) is -0.318. The number of halogens is 3. The molecular formula is C21H17F3N4O4S. The van der Waals surface area contributed by atoms with Crippen molar-refractivity contribution in [2.75, 3.05) is 12.4 Å². The molecule has 0 atom stereocenters. The molecule has 0 saturated carbocycles. The SMILES string of the molecule is CNS(=O)(=O)c1ccc(C(=O)Nc2nc3cc(C(F)(F)F)ccc3n2Cc2ccco2)cc1. The molecule has 172 valence electrons. The van der Waals surface area contributed by atoms with Crippen molar-refractivity contribution in [1.29, 1.82) is 0 Å². The van der Waals surface area contributed by atoms with Gasteiger partial charge in [-0.3, -0.25) is 10.1 Å². The summed E-state index contributed by atoms with van der Waals surface area (Å²) < 4.78 is 72.1. The average Bonchev–Trinajstić information content (AvgIpc) is 3.41. The lowest BCUT2D eigenvalue weighted by molar-refractivity contribution is -0.137. The Morgan fingerprint density at radius 2 is 1.85 bits per heavy atom. The van der Waals surface area contributed by atoms with Crippen molar-refractivity contribution < 1.29 is 30.8 Å². The molecule has 2 aromatic heterocycles. The molecule has 0 radical (unpaired) electrons. The highest BCUT2D eigenvalue weighted by Crippen LogP contribution is 2.32. The number of hydrogen-bond acceptors (Lipinski definition) is 5. The van der Waals surface area contributed by atoms with Crippen LogP contribution in [0.4, 0.5) is 19.1 Å². The van der Waals surface area contributed by atoms with Gasteiger partial charge in [0.2, 0.25) is 16.0 Å². The smallest absolute Gasteiger partial charge is 0.416 e. The van der Waals surface area contributed by atoms with Gasteiger partial charge in [-0.1, -0.05) is 0 Å². The van der Waals surface area contributed by atoms with Crippen LogP contribution >= 0.6 is 0 Å². The van der Waals surface area contributed by atoms with Gasteiger partial charge in [0.25, 0.3) is 5.91 Å². The largest absolute Gasteiger partial charge is 0.467 e. The predicted molar refractivity (Wildman–Crippen MR) is 113 cm³/mol. The number of aromatic nitrogens is 2. The van der Waals surface area contributed by atoms with Crippen molar-refractivity contribution in [2.24, 2.45) is 0 Å². The van der Waals surface area contributed by atoms with E-state index in [4.69, 9.17) is 4.42 Å². The number of carbonyl (C=O) groups excluding carboxylic acids is 1. The minimum absolute atomic E-state index is 0.0117. The number of anilines is 1. The molecular weight excluding hydrogens is 461 g/mol. The standard InChI is InChI=1S/C21H17F3N4O4S/c1-25-33(30,31)16-7-4-13(5-8-16)19(29)27-20-26-17-11-14(21(22,23)24)6-9-18(17)28(20)12-15-3-2-10-32-15/h2-11,25H,12H2,1H3,(H,26,27,29). The number of alkyl halides is 3. The number of furan rings is 1. The van der Waals surface area contributed by atoms with Crippen LogP contribution < -0.4 is 10.0 Å². The number of benzene rings is 2. The Kier molecular flexibility index (Phi) is 5.72. The first-order valence-electron chi connectivity index (χ1n) is 9.53. The zero-order valence-electron chi connectivity index (χ0n) is 17.1. The first-order valence-corrected chi connectivity index (χ1v) is 11.0. The topological polar surface area (TPSA) is 106 Å². The van der Waals surface area contributed by atoms with Crippen LogP contribution in [0.25, 0.3) is 11.0 Å². The molecule has 4 rings (SSSR count). The molecule has 0 unspecified atom stereocenters. The van der Waals surface area contributed by atoms with Crippen molar-refractivity contribution >= 4 is 32.9 Å². The summed E-state index contributed by atoms with van der Waals surface area (Å²) >= 11 is 0. The molecule has 4 aromatic rings. The van der Waals surface area contributed by atoms with E-state index in [1.54, 1.807) is 12.1 Å². The number of nitrogens with zero attached hydrogens (tertiary/aromatic N) is 2. The van der Waals surface area contributed by atoms with Crippen LogP contribution in [0.15, 0.2) is 70.2 Å². The molecule has 1 amide bonds. The second-order valence-corrected chi connectivity index (χ2v) is 8.87. The van der Waals surface area contributed by atoms with Crippen molar-refractivity contribution in [3.8, 4) is 0 Å². The number of rotatable bonds is 6. The Morgan fingerprint density at radius 1 is 1.12 bits per heavy atom. The summed E-state index contributed by atoms with van der Waals surface area (Å²) in [6.07, 6.45) is -3.09. The Balaban J connectivity index is 1.70. The fourth-order valence-electron chi connectivity index (χ4n) is 3.20. The van der Waals surface area contributed by atoms with Gasteiger partial charge in [0.05, 0.1) is 34.3 Å². The number of imidazole rings is 1. The van der Waals surface area contributed by atoms with Crippen LogP contribution in [-0.4, -0.2) is 30.9 Å². The van der Waals surface area contributed by atoms with Crippen LogP contribution in [0.5, 0.6) is 0 Å². The van der Waals surface area contributed by atoms with E-state index in [1.165, 1.54) is 48.2 Å². The van der Waals surface area contributed by atoms with Gasteiger partial charge < -0.3 is 8.98 Å². The molecule has 0 fully saturated rings. The molecule has 0 aliphatic carbocycles. The zero-order valence-corrected chi connectivity index (χ0v) is 17.9. The molecule has 8 nitrogen and oxygen atoms in total. The van der Waals surface area contributed by atoms with Crippen LogP contribution in [0.3, 0.4) is 0 Å². The lowest BCUT2D eigenvalue weighted by Crippen LogP contribution is -2.19. The number of nitrogens with one attached hydrogen (secondary N) is 2. The van der Waals surface area contributed by atoms with E-state index in [2.05, 4.69) is 15.0 Å². The normalized spacial score (nSPS) is 12.2.